The quantitative estimate of drug-likeness (QED) is 0.658. The molecule has 0 saturated heterocycles. The summed E-state index contributed by atoms with van der Waals surface area (Å²) in [5.74, 6) is -0.147. The zero-order valence-electron chi connectivity index (χ0n) is 10.6. The number of rotatable bonds is 2. The maximum Gasteiger partial charge on any atom is 0.194 e. The fourth-order valence-electron chi connectivity index (χ4n) is 1.93. The summed E-state index contributed by atoms with van der Waals surface area (Å²) in [6.07, 6.45) is 0. The third-order valence-electron chi connectivity index (χ3n) is 3.03. The van der Waals surface area contributed by atoms with E-state index in [9.17, 15) is 4.79 Å². The minimum atomic E-state index is -0.147. The number of ketones is 1. The van der Waals surface area contributed by atoms with Crippen molar-refractivity contribution in [2.24, 2.45) is 0 Å². The molecule has 98 valence electrons. The Labute approximate surface area is 122 Å². The lowest BCUT2D eigenvalue weighted by molar-refractivity contribution is 0.103. The van der Waals surface area contributed by atoms with Crippen molar-refractivity contribution in [1.82, 2.24) is 0 Å². The molecule has 0 aliphatic rings. The van der Waals surface area contributed by atoms with Gasteiger partial charge in [-0.25, -0.2) is 0 Å². The summed E-state index contributed by atoms with van der Waals surface area (Å²) < 4.78 is 0. The molecule has 0 aromatic heterocycles. The molecule has 4 heteroatoms. The van der Waals surface area contributed by atoms with Crippen LogP contribution < -0.4 is 5.73 Å². The van der Waals surface area contributed by atoms with Gasteiger partial charge < -0.3 is 5.73 Å². The predicted molar refractivity (Wildman–Crippen MR) is 80.2 cm³/mol. The molecule has 2 aromatic rings. The van der Waals surface area contributed by atoms with Gasteiger partial charge in [-0.15, -0.1) is 0 Å². The highest BCUT2D eigenvalue weighted by Gasteiger charge is 2.16. The number of carbonyl (C=O) groups excluding carboxylic acids is 1. The maximum atomic E-state index is 12.5. The SMILES string of the molecule is Cc1cc(C)c(C(=O)c2ccc(Cl)cc2Cl)cc1N. The third kappa shape index (κ3) is 2.75. The topological polar surface area (TPSA) is 43.1 Å². The van der Waals surface area contributed by atoms with Crippen LogP contribution in [0.15, 0.2) is 30.3 Å². The van der Waals surface area contributed by atoms with Gasteiger partial charge in [0.05, 0.1) is 5.02 Å². The molecule has 0 heterocycles. The van der Waals surface area contributed by atoms with E-state index in [-0.39, 0.29) is 5.78 Å². The summed E-state index contributed by atoms with van der Waals surface area (Å²) in [6, 6.07) is 8.42. The van der Waals surface area contributed by atoms with Crippen molar-refractivity contribution in [3.8, 4) is 0 Å². The molecule has 0 unspecified atom stereocenters. The van der Waals surface area contributed by atoms with Gasteiger partial charge in [0, 0.05) is 21.8 Å². The highest BCUT2D eigenvalue weighted by molar-refractivity contribution is 6.37. The van der Waals surface area contributed by atoms with Gasteiger partial charge in [0.2, 0.25) is 0 Å². The van der Waals surface area contributed by atoms with Crippen molar-refractivity contribution in [2.75, 3.05) is 5.73 Å². The van der Waals surface area contributed by atoms with E-state index in [0.29, 0.717) is 26.9 Å². The Hall–Kier alpha value is -1.51. The van der Waals surface area contributed by atoms with E-state index < -0.39 is 0 Å². The molecule has 0 bridgehead atoms. The van der Waals surface area contributed by atoms with Crippen LogP contribution in [0, 0.1) is 13.8 Å². The van der Waals surface area contributed by atoms with E-state index >= 15 is 0 Å². The van der Waals surface area contributed by atoms with Gasteiger partial charge in [-0.3, -0.25) is 4.79 Å². The average Bonchev–Trinajstić information content (AvgIpc) is 2.33. The molecular weight excluding hydrogens is 281 g/mol. The molecule has 2 N–H and O–H groups in total. The third-order valence-corrected chi connectivity index (χ3v) is 3.58. The van der Waals surface area contributed by atoms with Gasteiger partial charge in [-0.05, 0) is 49.2 Å². The Kier molecular flexibility index (Phi) is 3.83. The molecule has 0 amide bonds. The van der Waals surface area contributed by atoms with E-state index in [4.69, 9.17) is 28.9 Å². The minimum absolute atomic E-state index is 0.147. The lowest BCUT2D eigenvalue weighted by Crippen LogP contribution is -2.06. The van der Waals surface area contributed by atoms with Crippen molar-refractivity contribution in [3.05, 3.63) is 62.6 Å². The number of aryl methyl sites for hydroxylation is 2. The monoisotopic (exact) mass is 293 g/mol. The molecule has 2 aromatic carbocycles. The van der Waals surface area contributed by atoms with E-state index in [2.05, 4.69) is 0 Å². The second kappa shape index (κ2) is 5.24. The molecule has 0 radical (unpaired) electrons. The molecule has 0 aliphatic heterocycles. The van der Waals surface area contributed by atoms with Crippen LogP contribution in [0.5, 0.6) is 0 Å². The lowest BCUT2D eigenvalue weighted by atomic mass is 9.96. The Morgan fingerprint density at radius 1 is 1.00 bits per heavy atom. The molecule has 0 spiro atoms. The van der Waals surface area contributed by atoms with Crippen LogP contribution in [0.1, 0.15) is 27.0 Å². The zero-order valence-corrected chi connectivity index (χ0v) is 12.1. The Balaban J connectivity index is 2.53. The summed E-state index contributed by atoms with van der Waals surface area (Å²) in [7, 11) is 0. The molecule has 0 aliphatic carbocycles. The maximum absolute atomic E-state index is 12.5. The molecule has 2 rings (SSSR count). The first kappa shape index (κ1) is 13.9. The van der Waals surface area contributed by atoms with Crippen LogP contribution in [0.4, 0.5) is 5.69 Å². The van der Waals surface area contributed by atoms with Crippen LogP contribution in [-0.2, 0) is 0 Å². The van der Waals surface area contributed by atoms with E-state index in [1.54, 1.807) is 24.3 Å². The normalized spacial score (nSPS) is 10.5. The average molecular weight is 294 g/mol. The summed E-state index contributed by atoms with van der Waals surface area (Å²) in [6.45, 7) is 3.79. The fourth-order valence-corrected chi connectivity index (χ4v) is 2.43. The van der Waals surface area contributed by atoms with Gasteiger partial charge in [0.25, 0.3) is 0 Å². The number of nitrogen functional groups attached to an aromatic ring is 1. The standard InChI is InChI=1S/C15H13Cl2NO/c1-8-5-9(2)14(18)7-12(8)15(19)11-4-3-10(16)6-13(11)17/h3-7H,18H2,1-2H3. The Morgan fingerprint density at radius 3 is 2.32 bits per heavy atom. The van der Waals surface area contributed by atoms with Crippen LogP contribution in [0.25, 0.3) is 0 Å². The number of hydrogen-bond donors (Lipinski definition) is 1. The summed E-state index contributed by atoms with van der Waals surface area (Å²) in [4.78, 5) is 12.5. The van der Waals surface area contributed by atoms with Gasteiger partial charge in [0.1, 0.15) is 0 Å². The molecule has 2 nitrogen and oxygen atoms in total. The van der Waals surface area contributed by atoms with Gasteiger partial charge >= 0.3 is 0 Å². The second-order valence-corrected chi connectivity index (χ2v) is 5.32. The fraction of sp³-hybridized carbons (Fsp3) is 0.133. The lowest BCUT2D eigenvalue weighted by Gasteiger charge is -2.10. The first-order chi connectivity index (χ1) is 8.90. The number of carbonyl (C=O) groups is 1. The first-order valence-corrected chi connectivity index (χ1v) is 6.52. The van der Waals surface area contributed by atoms with E-state index in [1.807, 2.05) is 19.9 Å². The van der Waals surface area contributed by atoms with Crippen LogP contribution in [0.3, 0.4) is 0 Å². The van der Waals surface area contributed by atoms with Gasteiger partial charge in [0.15, 0.2) is 5.78 Å². The summed E-state index contributed by atoms with van der Waals surface area (Å²) in [5, 5.41) is 0.845. The zero-order chi connectivity index (χ0) is 14.2. The molecular formula is C15H13Cl2NO. The van der Waals surface area contributed by atoms with Crippen molar-refractivity contribution < 1.29 is 4.79 Å². The van der Waals surface area contributed by atoms with Gasteiger partial charge in [-0.1, -0.05) is 29.3 Å². The van der Waals surface area contributed by atoms with Crippen molar-refractivity contribution in [3.63, 3.8) is 0 Å². The smallest absolute Gasteiger partial charge is 0.194 e. The Morgan fingerprint density at radius 2 is 1.68 bits per heavy atom. The predicted octanol–water partition coefficient (Wildman–Crippen LogP) is 4.42. The van der Waals surface area contributed by atoms with E-state index in [1.165, 1.54) is 0 Å². The van der Waals surface area contributed by atoms with Crippen LogP contribution in [0.2, 0.25) is 10.0 Å². The summed E-state index contributed by atoms with van der Waals surface area (Å²) in [5.41, 5.74) is 9.28. The minimum Gasteiger partial charge on any atom is -0.398 e. The molecule has 0 saturated carbocycles. The molecule has 0 atom stereocenters. The number of halogens is 2. The van der Waals surface area contributed by atoms with Crippen LogP contribution in [-0.4, -0.2) is 5.78 Å². The molecule has 0 fully saturated rings. The largest absolute Gasteiger partial charge is 0.398 e. The second-order valence-electron chi connectivity index (χ2n) is 4.48. The molecule has 19 heavy (non-hydrogen) atoms. The number of nitrogens with two attached hydrogens (primary N) is 1. The van der Waals surface area contributed by atoms with Crippen molar-refractivity contribution in [1.29, 1.82) is 0 Å². The summed E-state index contributed by atoms with van der Waals surface area (Å²) >= 11 is 11.9. The highest BCUT2D eigenvalue weighted by atomic mass is 35.5. The first-order valence-electron chi connectivity index (χ1n) is 5.76. The van der Waals surface area contributed by atoms with Crippen LogP contribution >= 0.6 is 23.2 Å². The highest BCUT2D eigenvalue weighted by Crippen LogP contribution is 2.26. The van der Waals surface area contributed by atoms with E-state index in [0.717, 1.165) is 11.1 Å². The van der Waals surface area contributed by atoms with Crippen molar-refractivity contribution in [2.45, 2.75) is 13.8 Å². The van der Waals surface area contributed by atoms with Crippen molar-refractivity contribution >= 4 is 34.7 Å². The van der Waals surface area contributed by atoms with Gasteiger partial charge in [-0.2, -0.15) is 0 Å². The number of benzene rings is 2. The number of hydrogen-bond acceptors (Lipinski definition) is 2. The Bertz CT molecular complexity index is 665. The number of anilines is 1.